The van der Waals surface area contributed by atoms with Crippen LogP contribution >= 0.6 is 0 Å². The van der Waals surface area contributed by atoms with Crippen LogP contribution in [0.5, 0.6) is 0 Å². The highest BCUT2D eigenvalue weighted by Crippen LogP contribution is 2.26. The zero-order chi connectivity index (χ0) is 13.8. The standard InChI is InChI=1S/C16H24N2O/c1-11(2)18-16(19)15-9-12(3)8-14(10-15)13-4-6-17-7-5-13/h8-11,13,17H,4-7H2,1-3H3,(H,18,19). The van der Waals surface area contributed by atoms with E-state index in [1.54, 1.807) is 0 Å². The number of amides is 1. The molecule has 1 fully saturated rings. The topological polar surface area (TPSA) is 41.1 Å². The van der Waals surface area contributed by atoms with Crippen molar-refractivity contribution in [2.45, 2.75) is 45.6 Å². The average Bonchev–Trinajstić information content (AvgIpc) is 2.38. The highest BCUT2D eigenvalue weighted by molar-refractivity contribution is 5.94. The lowest BCUT2D eigenvalue weighted by molar-refractivity contribution is 0.0943. The first-order valence-corrected chi connectivity index (χ1v) is 7.19. The van der Waals surface area contributed by atoms with E-state index in [4.69, 9.17) is 0 Å². The number of rotatable bonds is 3. The predicted octanol–water partition coefficient (Wildman–Crippen LogP) is 2.60. The molecule has 2 rings (SSSR count). The summed E-state index contributed by atoms with van der Waals surface area (Å²) < 4.78 is 0. The highest BCUT2D eigenvalue weighted by Gasteiger charge is 2.17. The molecule has 1 aliphatic heterocycles. The van der Waals surface area contributed by atoms with Gasteiger partial charge in [0, 0.05) is 11.6 Å². The Morgan fingerprint density at radius 2 is 1.95 bits per heavy atom. The van der Waals surface area contributed by atoms with E-state index in [1.165, 1.54) is 11.1 Å². The lowest BCUT2D eigenvalue weighted by Gasteiger charge is -2.24. The molecule has 0 bridgehead atoms. The van der Waals surface area contributed by atoms with Gasteiger partial charge in [0.05, 0.1) is 0 Å². The number of aryl methyl sites for hydroxylation is 1. The first-order chi connectivity index (χ1) is 9.06. The molecule has 3 heteroatoms. The van der Waals surface area contributed by atoms with Gasteiger partial charge in [-0.1, -0.05) is 11.6 Å². The SMILES string of the molecule is Cc1cc(C(=O)NC(C)C)cc(C2CCNCC2)c1. The summed E-state index contributed by atoms with van der Waals surface area (Å²) in [7, 11) is 0. The molecular weight excluding hydrogens is 236 g/mol. The van der Waals surface area contributed by atoms with Gasteiger partial charge in [-0.3, -0.25) is 4.79 Å². The lowest BCUT2D eigenvalue weighted by atomic mass is 9.88. The Hall–Kier alpha value is -1.35. The van der Waals surface area contributed by atoms with E-state index in [0.717, 1.165) is 31.5 Å². The van der Waals surface area contributed by atoms with Crippen LogP contribution in [-0.4, -0.2) is 25.0 Å². The maximum atomic E-state index is 12.1. The molecule has 0 saturated carbocycles. The molecular formula is C16H24N2O. The van der Waals surface area contributed by atoms with E-state index >= 15 is 0 Å². The molecule has 1 heterocycles. The summed E-state index contributed by atoms with van der Waals surface area (Å²) in [4.78, 5) is 12.1. The van der Waals surface area contributed by atoms with Gasteiger partial charge in [-0.05, 0) is 70.3 Å². The van der Waals surface area contributed by atoms with Crippen molar-refractivity contribution in [3.05, 3.63) is 34.9 Å². The Labute approximate surface area is 115 Å². The van der Waals surface area contributed by atoms with Crippen LogP contribution in [0.3, 0.4) is 0 Å². The van der Waals surface area contributed by atoms with Crippen LogP contribution in [0.4, 0.5) is 0 Å². The van der Waals surface area contributed by atoms with Crippen LogP contribution in [-0.2, 0) is 0 Å². The second-order valence-corrected chi connectivity index (χ2v) is 5.78. The summed E-state index contributed by atoms with van der Waals surface area (Å²) in [5.41, 5.74) is 3.28. The largest absolute Gasteiger partial charge is 0.350 e. The second kappa shape index (κ2) is 6.20. The van der Waals surface area contributed by atoms with Gasteiger partial charge in [0.15, 0.2) is 0 Å². The molecule has 2 N–H and O–H groups in total. The van der Waals surface area contributed by atoms with Crippen molar-refractivity contribution in [2.75, 3.05) is 13.1 Å². The third kappa shape index (κ3) is 3.80. The number of carbonyl (C=O) groups is 1. The molecule has 1 amide bonds. The fourth-order valence-electron chi connectivity index (χ4n) is 2.68. The Kier molecular flexibility index (Phi) is 4.59. The summed E-state index contributed by atoms with van der Waals surface area (Å²) in [5, 5.41) is 6.35. The molecule has 104 valence electrons. The number of benzene rings is 1. The van der Waals surface area contributed by atoms with Gasteiger partial charge in [0.1, 0.15) is 0 Å². The highest BCUT2D eigenvalue weighted by atomic mass is 16.1. The average molecular weight is 260 g/mol. The van der Waals surface area contributed by atoms with Gasteiger partial charge in [-0.2, -0.15) is 0 Å². The Bertz CT molecular complexity index is 448. The molecule has 0 radical (unpaired) electrons. The monoisotopic (exact) mass is 260 g/mol. The van der Waals surface area contributed by atoms with E-state index in [1.807, 2.05) is 19.9 Å². The zero-order valence-corrected chi connectivity index (χ0v) is 12.1. The smallest absolute Gasteiger partial charge is 0.251 e. The van der Waals surface area contributed by atoms with Gasteiger partial charge in [0.2, 0.25) is 0 Å². The molecule has 0 unspecified atom stereocenters. The van der Waals surface area contributed by atoms with Crippen molar-refractivity contribution in [2.24, 2.45) is 0 Å². The third-order valence-electron chi connectivity index (χ3n) is 3.59. The quantitative estimate of drug-likeness (QED) is 0.877. The van der Waals surface area contributed by atoms with Crippen molar-refractivity contribution < 1.29 is 4.79 Å². The van der Waals surface area contributed by atoms with Gasteiger partial charge in [0.25, 0.3) is 5.91 Å². The van der Waals surface area contributed by atoms with E-state index in [9.17, 15) is 4.79 Å². The second-order valence-electron chi connectivity index (χ2n) is 5.78. The lowest BCUT2D eigenvalue weighted by Crippen LogP contribution is -2.30. The maximum absolute atomic E-state index is 12.1. The van der Waals surface area contributed by atoms with E-state index in [0.29, 0.717) is 5.92 Å². The van der Waals surface area contributed by atoms with Crippen molar-refractivity contribution >= 4 is 5.91 Å². The number of piperidine rings is 1. The van der Waals surface area contributed by atoms with Crippen molar-refractivity contribution in [1.29, 1.82) is 0 Å². The summed E-state index contributed by atoms with van der Waals surface area (Å²) in [6.07, 6.45) is 2.32. The molecule has 1 aromatic carbocycles. The summed E-state index contributed by atoms with van der Waals surface area (Å²) in [5.74, 6) is 0.626. The minimum absolute atomic E-state index is 0.0360. The Morgan fingerprint density at radius 1 is 1.26 bits per heavy atom. The minimum atomic E-state index is 0.0360. The predicted molar refractivity (Wildman–Crippen MR) is 78.6 cm³/mol. The van der Waals surface area contributed by atoms with E-state index < -0.39 is 0 Å². The van der Waals surface area contributed by atoms with Crippen LogP contribution in [0.25, 0.3) is 0 Å². The van der Waals surface area contributed by atoms with Gasteiger partial charge >= 0.3 is 0 Å². The minimum Gasteiger partial charge on any atom is -0.350 e. The number of hydrogen-bond acceptors (Lipinski definition) is 2. The summed E-state index contributed by atoms with van der Waals surface area (Å²) >= 11 is 0. The molecule has 3 nitrogen and oxygen atoms in total. The number of hydrogen-bond donors (Lipinski definition) is 2. The first kappa shape index (κ1) is 14.1. The Balaban J connectivity index is 2.21. The van der Waals surface area contributed by atoms with Gasteiger partial charge in [-0.25, -0.2) is 0 Å². The maximum Gasteiger partial charge on any atom is 0.251 e. The van der Waals surface area contributed by atoms with Crippen LogP contribution < -0.4 is 10.6 Å². The first-order valence-electron chi connectivity index (χ1n) is 7.19. The van der Waals surface area contributed by atoms with Crippen LogP contribution in [0, 0.1) is 6.92 Å². The molecule has 0 aliphatic carbocycles. The molecule has 0 atom stereocenters. The van der Waals surface area contributed by atoms with E-state index in [-0.39, 0.29) is 11.9 Å². The van der Waals surface area contributed by atoms with Crippen molar-refractivity contribution in [3.63, 3.8) is 0 Å². The normalized spacial score (nSPS) is 16.6. The zero-order valence-electron chi connectivity index (χ0n) is 12.1. The molecule has 1 aromatic rings. The molecule has 0 aromatic heterocycles. The van der Waals surface area contributed by atoms with Gasteiger partial charge < -0.3 is 10.6 Å². The summed E-state index contributed by atoms with van der Waals surface area (Å²) in [6, 6.07) is 6.45. The third-order valence-corrected chi connectivity index (χ3v) is 3.59. The summed E-state index contributed by atoms with van der Waals surface area (Å²) in [6.45, 7) is 8.19. The molecule has 1 saturated heterocycles. The fraction of sp³-hybridized carbons (Fsp3) is 0.562. The van der Waals surface area contributed by atoms with Crippen LogP contribution in [0.2, 0.25) is 0 Å². The molecule has 19 heavy (non-hydrogen) atoms. The van der Waals surface area contributed by atoms with Crippen molar-refractivity contribution in [1.82, 2.24) is 10.6 Å². The Morgan fingerprint density at radius 3 is 2.58 bits per heavy atom. The number of nitrogens with one attached hydrogen (secondary N) is 2. The molecule has 1 aliphatic rings. The van der Waals surface area contributed by atoms with Crippen LogP contribution in [0.15, 0.2) is 18.2 Å². The van der Waals surface area contributed by atoms with Crippen LogP contribution in [0.1, 0.15) is 54.1 Å². The molecule has 0 spiro atoms. The van der Waals surface area contributed by atoms with Gasteiger partial charge in [-0.15, -0.1) is 0 Å². The van der Waals surface area contributed by atoms with Crippen molar-refractivity contribution in [3.8, 4) is 0 Å². The fourth-order valence-corrected chi connectivity index (χ4v) is 2.68. The van der Waals surface area contributed by atoms with E-state index in [2.05, 4.69) is 29.7 Å². The number of carbonyl (C=O) groups excluding carboxylic acids is 1.